The molecule has 1 saturated carbocycles. The SMILES string of the molecule is CCOC1CC(N)C1NC(=O)c1cc2ccccc2o1. The van der Waals surface area contributed by atoms with Crippen molar-refractivity contribution in [1.29, 1.82) is 0 Å². The van der Waals surface area contributed by atoms with Crippen molar-refractivity contribution in [3.05, 3.63) is 36.1 Å². The van der Waals surface area contributed by atoms with Crippen LogP contribution in [0.25, 0.3) is 11.0 Å². The smallest absolute Gasteiger partial charge is 0.287 e. The van der Waals surface area contributed by atoms with Crippen molar-refractivity contribution in [2.75, 3.05) is 6.61 Å². The molecular weight excluding hydrogens is 256 g/mol. The Bertz CT molecular complexity index is 587. The van der Waals surface area contributed by atoms with Crippen molar-refractivity contribution in [2.24, 2.45) is 5.73 Å². The summed E-state index contributed by atoms with van der Waals surface area (Å²) in [6.45, 7) is 2.55. The van der Waals surface area contributed by atoms with Gasteiger partial charge in [-0.15, -0.1) is 0 Å². The van der Waals surface area contributed by atoms with Crippen LogP contribution in [0.15, 0.2) is 34.7 Å². The third-order valence-corrected chi connectivity index (χ3v) is 3.69. The molecule has 5 heteroatoms. The molecule has 1 aromatic carbocycles. The summed E-state index contributed by atoms with van der Waals surface area (Å²) in [5, 5.41) is 3.81. The number of para-hydroxylation sites is 1. The van der Waals surface area contributed by atoms with Crippen LogP contribution in [0.2, 0.25) is 0 Å². The molecule has 0 radical (unpaired) electrons. The zero-order valence-electron chi connectivity index (χ0n) is 11.3. The Balaban J connectivity index is 1.72. The van der Waals surface area contributed by atoms with Crippen LogP contribution in [0.1, 0.15) is 23.9 Å². The molecule has 1 fully saturated rings. The van der Waals surface area contributed by atoms with Gasteiger partial charge in [0.15, 0.2) is 5.76 Å². The van der Waals surface area contributed by atoms with Crippen molar-refractivity contribution < 1.29 is 13.9 Å². The average molecular weight is 274 g/mol. The number of furan rings is 1. The number of carbonyl (C=O) groups excluding carboxylic acids is 1. The summed E-state index contributed by atoms with van der Waals surface area (Å²) in [4.78, 5) is 12.2. The second kappa shape index (κ2) is 5.26. The summed E-state index contributed by atoms with van der Waals surface area (Å²) < 4.78 is 11.1. The third-order valence-electron chi connectivity index (χ3n) is 3.69. The monoisotopic (exact) mass is 274 g/mol. The summed E-state index contributed by atoms with van der Waals surface area (Å²) >= 11 is 0. The minimum Gasteiger partial charge on any atom is -0.451 e. The van der Waals surface area contributed by atoms with Gasteiger partial charge in [0.25, 0.3) is 5.91 Å². The van der Waals surface area contributed by atoms with Gasteiger partial charge in [-0.05, 0) is 25.5 Å². The maximum Gasteiger partial charge on any atom is 0.287 e. The van der Waals surface area contributed by atoms with Crippen molar-refractivity contribution in [3.8, 4) is 0 Å². The van der Waals surface area contributed by atoms with E-state index in [0.717, 1.165) is 11.8 Å². The van der Waals surface area contributed by atoms with E-state index in [-0.39, 0.29) is 24.1 Å². The van der Waals surface area contributed by atoms with E-state index in [9.17, 15) is 4.79 Å². The van der Waals surface area contributed by atoms with Crippen molar-refractivity contribution >= 4 is 16.9 Å². The molecule has 0 bridgehead atoms. The van der Waals surface area contributed by atoms with E-state index in [0.29, 0.717) is 18.0 Å². The molecule has 1 aliphatic rings. The number of benzene rings is 1. The van der Waals surface area contributed by atoms with Crippen LogP contribution in [0.4, 0.5) is 0 Å². The molecule has 3 atom stereocenters. The van der Waals surface area contributed by atoms with Gasteiger partial charge in [0.2, 0.25) is 0 Å². The van der Waals surface area contributed by atoms with E-state index in [4.69, 9.17) is 14.9 Å². The molecule has 0 saturated heterocycles. The highest BCUT2D eigenvalue weighted by Gasteiger charge is 2.40. The molecule has 2 aromatic rings. The molecule has 20 heavy (non-hydrogen) atoms. The normalized spacial score (nSPS) is 25.4. The maximum absolute atomic E-state index is 12.2. The largest absolute Gasteiger partial charge is 0.451 e. The Morgan fingerprint density at radius 2 is 2.30 bits per heavy atom. The highest BCUT2D eigenvalue weighted by Crippen LogP contribution is 2.24. The average Bonchev–Trinajstić information content (AvgIpc) is 2.88. The number of rotatable bonds is 4. The fourth-order valence-electron chi connectivity index (χ4n) is 2.54. The fourth-order valence-corrected chi connectivity index (χ4v) is 2.54. The fraction of sp³-hybridized carbons (Fsp3) is 0.400. The molecule has 1 aromatic heterocycles. The predicted octanol–water partition coefficient (Wildman–Crippen LogP) is 1.67. The zero-order chi connectivity index (χ0) is 14.1. The topological polar surface area (TPSA) is 77.5 Å². The van der Waals surface area contributed by atoms with Crippen LogP contribution in [-0.2, 0) is 4.74 Å². The Kier molecular flexibility index (Phi) is 3.46. The Labute approximate surface area is 117 Å². The van der Waals surface area contributed by atoms with Crippen LogP contribution in [0.3, 0.4) is 0 Å². The van der Waals surface area contributed by atoms with Crippen molar-refractivity contribution in [3.63, 3.8) is 0 Å². The third kappa shape index (κ3) is 2.30. The minimum absolute atomic E-state index is 0.00308. The highest BCUT2D eigenvalue weighted by molar-refractivity contribution is 5.96. The van der Waals surface area contributed by atoms with E-state index in [1.54, 1.807) is 6.07 Å². The molecule has 1 aliphatic carbocycles. The summed E-state index contributed by atoms with van der Waals surface area (Å²) in [6, 6.07) is 9.07. The zero-order valence-corrected chi connectivity index (χ0v) is 11.3. The van der Waals surface area contributed by atoms with Gasteiger partial charge in [-0.3, -0.25) is 4.79 Å². The van der Waals surface area contributed by atoms with Gasteiger partial charge >= 0.3 is 0 Å². The number of nitrogens with one attached hydrogen (secondary N) is 1. The molecule has 5 nitrogen and oxygen atoms in total. The second-order valence-corrected chi connectivity index (χ2v) is 5.04. The van der Waals surface area contributed by atoms with Crippen LogP contribution in [0, 0.1) is 0 Å². The molecule has 1 amide bonds. The second-order valence-electron chi connectivity index (χ2n) is 5.04. The van der Waals surface area contributed by atoms with Gasteiger partial charge in [-0.25, -0.2) is 0 Å². The van der Waals surface area contributed by atoms with Crippen LogP contribution in [-0.4, -0.2) is 30.7 Å². The van der Waals surface area contributed by atoms with Crippen molar-refractivity contribution in [1.82, 2.24) is 5.32 Å². The molecule has 106 valence electrons. The molecule has 0 aliphatic heterocycles. The molecular formula is C15H18N2O3. The predicted molar refractivity (Wildman–Crippen MR) is 75.5 cm³/mol. The van der Waals surface area contributed by atoms with Gasteiger partial charge in [0.1, 0.15) is 5.58 Å². The first-order valence-electron chi connectivity index (χ1n) is 6.85. The molecule has 0 spiro atoms. The summed E-state index contributed by atoms with van der Waals surface area (Å²) in [5.74, 6) is 0.0617. The number of carbonyl (C=O) groups is 1. The Morgan fingerprint density at radius 1 is 1.50 bits per heavy atom. The molecule has 3 rings (SSSR count). The number of ether oxygens (including phenoxy) is 1. The first-order valence-corrected chi connectivity index (χ1v) is 6.85. The summed E-state index contributed by atoms with van der Waals surface area (Å²) in [7, 11) is 0. The lowest BCUT2D eigenvalue weighted by atomic mass is 9.83. The van der Waals surface area contributed by atoms with E-state index in [1.165, 1.54) is 0 Å². The van der Waals surface area contributed by atoms with Crippen LogP contribution >= 0.6 is 0 Å². The van der Waals surface area contributed by atoms with Gasteiger partial charge in [0.05, 0.1) is 12.1 Å². The number of hydrogen-bond acceptors (Lipinski definition) is 4. The van der Waals surface area contributed by atoms with E-state index >= 15 is 0 Å². The number of nitrogens with two attached hydrogens (primary N) is 1. The standard InChI is InChI=1S/C15H18N2O3/c1-2-19-12-8-10(16)14(12)17-15(18)13-7-9-5-3-4-6-11(9)20-13/h3-7,10,12,14H,2,8,16H2,1H3,(H,17,18). The first kappa shape index (κ1) is 13.1. The molecule has 3 N–H and O–H groups in total. The Hall–Kier alpha value is -1.85. The summed E-state index contributed by atoms with van der Waals surface area (Å²) in [5.41, 5.74) is 6.63. The van der Waals surface area contributed by atoms with Crippen LogP contribution in [0.5, 0.6) is 0 Å². The quantitative estimate of drug-likeness (QED) is 0.889. The number of fused-ring (bicyclic) bond motifs is 1. The summed E-state index contributed by atoms with van der Waals surface area (Å²) in [6.07, 6.45) is 0.780. The van der Waals surface area contributed by atoms with Crippen LogP contribution < -0.4 is 11.1 Å². The Morgan fingerprint density at radius 3 is 3.00 bits per heavy atom. The first-order chi connectivity index (χ1) is 9.69. The lowest BCUT2D eigenvalue weighted by molar-refractivity contribution is -0.0302. The van der Waals surface area contributed by atoms with E-state index < -0.39 is 0 Å². The number of hydrogen-bond donors (Lipinski definition) is 2. The van der Waals surface area contributed by atoms with E-state index in [2.05, 4.69) is 5.32 Å². The highest BCUT2D eigenvalue weighted by atomic mass is 16.5. The van der Waals surface area contributed by atoms with Crippen molar-refractivity contribution in [2.45, 2.75) is 31.5 Å². The number of amides is 1. The van der Waals surface area contributed by atoms with Gasteiger partial charge in [-0.1, -0.05) is 18.2 Å². The minimum atomic E-state index is -0.244. The molecule has 3 unspecified atom stereocenters. The van der Waals surface area contributed by atoms with E-state index in [1.807, 2.05) is 31.2 Å². The lowest BCUT2D eigenvalue weighted by Gasteiger charge is -2.42. The van der Waals surface area contributed by atoms with Gasteiger partial charge in [-0.2, -0.15) is 0 Å². The molecule has 1 heterocycles. The van der Waals surface area contributed by atoms with Gasteiger partial charge < -0.3 is 20.2 Å². The lowest BCUT2D eigenvalue weighted by Crippen LogP contribution is -2.64. The van der Waals surface area contributed by atoms with Gasteiger partial charge in [0, 0.05) is 18.0 Å². The maximum atomic E-state index is 12.2.